The molecule has 0 heteroatoms. The van der Waals surface area contributed by atoms with Crippen molar-refractivity contribution in [3.8, 4) is 0 Å². The Morgan fingerprint density at radius 2 is 0.905 bits per heavy atom. The molecule has 5 aliphatic carbocycles. The lowest BCUT2D eigenvalue weighted by Crippen LogP contribution is -1.92. The van der Waals surface area contributed by atoms with Gasteiger partial charge in [0, 0.05) is 0 Å². The summed E-state index contributed by atoms with van der Waals surface area (Å²) in [4.78, 5) is 0. The fourth-order valence-electron chi connectivity index (χ4n) is 5.71. The molecule has 0 heterocycles. The molecule has 8 unspecified atom stereocenters. The summed E-state index contributed by atoms with van der Waals surface area (Å²) < 4.78 is 0. The molecule has 118 valence electrons. The zero-order chi connectivity index (χ0) is 14.0. The maximum absolute atomic E-state index is 2.39. The first kappa shape index (κ1) is 13.4. The number of rotatable bonds is 9. The first-order valence-electron chi connectivity index (χ1n) is 10.3. The van der Waals surface area contributed by atoms with E-state index in [4.69, 9.17) is 0 Å². The first-order chi connectivity index (χ1) is 10.3. The highest BCUT2D eigenvalue weighted by Crippen LogP contribution is 2.60. The van der Waals surface area contributed by atoms with Crippen molar-refractivity contribution in [2.24, 2.45) is 53.3 Å². The Morgan fingerprint density at radius 1 is 0.524 bits per heavy atom. The van der Waals surface area contributed by atoms with Gasteiger partial charge in [-0.05, 0) is 105 Å². The molecule has 0 spiro atoms. The van der Waals surface area contributed by atoms with Crippen molar-refractivity contribution in [2.45, 2.75) is 77.6 Å². The van der Waals surface area contributed by atoms with E-state index in [0.717, 1.165) is 11.8 Å². The molecule has 0 aromatic carbocycles. The van der Waals surface area contributed by atoms with Crippen molar-refractivity contribution >= 4 is 0 Å². The van der Waals surface area contributed by atoms with Crippen LogP contribution in [0.25, 0.3) is 0 Å². The van der Waals surface area contributed by atoms with Gasteiger partial charge in [0.1, 0.15) is 0 Å². The van der Waals surface area contributed by atoms with Gasteiger partial charge in [0.15, 0.2) is 0 Å². The molecule has 5 rings (SSSR count). The van der Waals surface area contributed by atoms with Crippen LogP contribution in [0.5, 0.6) is 0 Å². The van der Waals surface area contributed by atoms with E-state index < -0.39 is 0 Å². The smallest absolute Gasteiger partial charge is 0.0380 e. The minimum atomic E-state index is 1.14. The molecule has 0 nitrogen and oxygen atoms in total. The van der Waals surface area contributed by atoms with Crippen LogP contribution in [-0.2, 0) is 0 Å². The van der Waals surface area contributed by atoms with Crippen LogP contribution in [0.3, 0.4) is 0 Å². The minimum Gasteiger partial charge on any atom is -0.0651 e. The van der Waals surface area contributed by atoms with E-state index in [0.29, 0.717) is 0 Å². The first-order valence-corrected chi connectivity index (χ1v) is 10.3. The van der Waals surface area contributed by atoms with Crippen molar-refractivity contribution in [1.82, 2.24) is 0 Å². The van der Waals surface area contributed by atoms with Crippen LogP contribution in [0.2, 0.25) is 0 Å². The Hall–Kier alpha value is 0. The van der Waals surface area contributed by atoms with Crippen molar-refractivity contribution in [1.29, 1.82) is 0 Å². The molecule has 0 N–H and O–H groups in total. The Morgan fingerprint density at radius 3 is 1.29 bits per heavy atom. The van der Waals surface area contributed by atoms with E-state index >= 15 is 0 Å². The van der Waals surface area contributed by atoms with E-state index in [-0.39, 0.29) is 0 Å². The highest BCUT2D eigenvalue weighted by atomic mass is 14.6. The van der Waals surface area contributed by atoms with Gasteiger partial charge >= 0.3 is 0 Å². The van der Waals surface area contributed by atoms with Gasteiger partial charge in [0.25, 0.3) is 0 Å². The lowest BCUT2D eigenvalue weighted by molar-refractivity contribution is 0.485. The fraction of sp³-hybridized carbons (Fsp3) is 1.00. The van der Waals surface area contributed by atoms with Crippen molar-refractivity contribution in [3.05, 3.63) is 0 Å². The maximum Gasteiger partial charge on any atom is -0.0380 e. The molecule has 0 aromatic rings. The summed E-state index contributed by atoms with van der Waals surface area (Å²) in [6.07, 6.45) is 17.5. The molecule has 5 fully saturated rings. The number of hydrogen-bond donors (Lipinski definition) is 0. The molecular weight excluding hydrogens is 252 g/mol. The van der Waals surface area contributed by atoms with Gasteiger partial charge in [0.05, 0.1) is 0 Å². The van der Waals surface area contributed by atoms with Gasteiger partial charge in [-0.1, -0.05) is 26.2 Å². The lowest BCUT2D eigenvalue weighted by atomic mass is 10.0. The van der Waals surface area contributed by atoms with Gasteiger partial charge in [0.2, 0.25) is 0 Å². The van der Waals surface area contributed by atoms with Crippen LogP contribution in [0.1, 0.15) is 77.6 Å². The van der Waals surface area contributed by atoms with Crippen LogP contribution < -0.4 is 0 Å². The molecule has 0 bridgehead atoms. The summed E-state index contributed by atoms with van der Waals surface area (Å²) in [6.45, 7) is 2.39. The van der Waals surface area contributed by atoms with Gasteiger partial charge in [-0.2, -0.15) is 0 Å². The highest BCUT2D eigenvalue weighted by Gasteiger charge is 2.50. The standard InChI is InChI=1S/C21H34/c1-2-14-6-16(14)8-18-10-20(18)12-21-11-19(21)9-17-7-15(17)5-13-3-4-13/h13-21H,2-12H2,1H3. The molecule has 0 aromatic heterocycles. The molecule has 21 heavy (non-hydrogen) atoms. The largest absolute Gasteiger partial charge is 0.0651 e. The zero-order valence-electron chi connectivity index (χ0n) is 14.0. The van der Waals surface area contributed by atoms with Crippen molar-refractivity contribution in [3.63, 3.8) is 0 Å². The molecule has 0 amide bonds. The van der Waals surface area contributed by atoms with E-state index in [1.54, 1.807) is 64.2 Å². The Bertz CT molecular complexity index is 395. The molecule has 8 atom stereocenters. The number of hydrogen-bond acceptors (Lipinski definition) is 0. The predicted octanol–water partition coefficient (Wildman–Crippen LogP) is 5.91. The van der Waals surface area contributed by atoms with E-state index in [1.165, 1.54) is 47.8 Å². The quantitative estimate of drug-likeness (QED) is 0.494. The molecular formula is C21H34. The summed E-state index contributed by atoms with van der Waals surface area (Å²) in [6, 6.07) is 0. The van der Waals surface area contributed by atoms with E-state index in [2.05, 4.69) is 6.92 Å². The third-order valence-electron chi connectivity index (χ3n) is 7.95. The van der Waals surface area contributed by atoms with Crippen LogP contribution in [0, 0.1) is 53.3 Å². The van der Waals surface area contributed by atoms with E-state index in [9.17, 15) is 0 Å². The van der Waals surface area contributed by atoms with Crippen LogP contribution in [0.15, 0.2) is 0 Å². The second-order valence-corrected chi connectivity index (χ2v) is 9.82. The topological polar surface area (TPSA) is 0 Å². The second-order valence-electron chi connectivity index (χ2n) is 9.82. The Kier molecular flexibility index (Phi) is 3.20. The second kappa shape index (κ2) is 5.00. The van der Waals surface area contributed by atoms with E-state index in [1.807, 2.05) is 0 Å². The molecule has 0 radical (unpaired) electrons. The van der Waals surface area contributed by atoms with Crippen LogP contribution in [0.4, 0.5) is 0 Å². The van der Waals surface area contributed by atoms with Gasteiger partial charge in [-0.15, -0.1) is 0 Å². The fourth-order valence-corrected chi connectivity index (χ4v) is 5.71. The third kappa shape index (κ3) is 3.20. The monoisotopic (exact) mass is 286 g/mol. The highest BCUT2D eigenvalue weighted by molar-refractivity contribution is 5.01. The summed E-state index contributed by atoms with van der Waals surface area (Å²) >= 11 is 0. The predicted molar refractivity (Wildman–Crippen MR) is 87.9 cm³/mol. The van der Waals surface area contributed by atoms with Gasteiger partial charge < -0.3 is 0 Å². The molecule has 5 aliphatic rings. The summed E-state index contributed by atoms with van der Waals surface area (Å²) in [5.41, 5.74) is 0. The van der Waals surface area contributed by atoms with Gasteiger partial charge in [-0.3, -0.25) is 0 Å². The summed E-state index contributed by atoms with van der Waals surface area (Å²) in [5, 5.41) is 0. The Labute approximate surface area is 131 Å². The average molecular weight is 287 g/mol. The van der Waals surface area contributed by atoms with Gasteiger partial charge in [-0.25, -0.2) is 0 Å². The van der Waals surface area contributed by atoms with Crippen LogP contribution in [-0.4, -0.2) is 0 Å². The molecule has 0 aliphatic heterocycles. The normalized spacial score (nSPS) is 53.6. The summed E-state index contributed by atoms with van der Waals surface area (Å²) in [7, 11) is 0. The van der Waals surface area contributed by atoms with Crippen molar-refractivity contribution in [2.75, 3.05) is 0 Å². The summed E-state index contributed by atoms with van der Waals surface area (Å²) in [5.74, 6) is 10.6. The molecule has 5 saturated carbocycles. The maximum atomic E-state index is 2.39. The Balaban J connectivity index is 0.966. The van der Waals surface area contributed by atoms with Crippen molar-refractivity contribution < 1.29 is 0 Å². The SMILES string of the molecule is CCC1CC1CC1CC1CC1CC1CC1CC1CC1CC1. The minimum absolute atomic E-state index is 1.14. The zero-order valence-corrected chi connectivity index (χ0v) is 14.0. The third-order valence-corrected chi connectivity index (χ3v) is 7.95. The lowest BCUT2D eigenvalue weighted by Gasteiger charge is -2.01. The molecule has 0 saturated heterocycles. The van der Waals surface area contributed by atoms with Crippen LogP contribution >= 0.6 is 0 Å². The average Bonchev–Trinajstić information content (AvgIpc) is 3.32.